The van der Waals surface area contributed by atoms with Gasteiger partial charge in [0.25, 0.3) is 15.9 Å². The number of carbonyl (C=O) groups is 1. The molecule has 0 unspecified atom stereocenters. The van der Waals surface area contributed by atoms with Crippen LogP contribution in [0.5, 0.6) is 0 Å². The van der Waals surface area contributed by atoms with Gasteiger partial charge in [0.2, 0.25) is 23.9 Å². The SMILES string of the molecule is NC(N)=NS(=O)(=O)c1ccc(NC(=O)C[n+]2c(-c3ccccc3)cc(-c3ccccc3)cc2-c2ccccc2)cc1. The Bertz CT molecular complexity index is 1740. The molecule has 0 saturated heterocycles. The van der Waals surface area contributed by atoms with Crippen molar-refractivity contribution in [2.75, 3.05) is 5.32 Å². The minimum absolute atomic E-state index is 0.0115. The molecule has 0 bridgehead atoms. The van der Waals surface area contributed by atoms with Crippen molar-refractivity contribution in [2.24, 2.45) is 15.9 Å². The van der Waals surface area contributed by atoms with Crippen molar-refractivity contribution >= 4 is 27.6 Å². The normalized spacial score (nSPS) is 11.0. The second-order valence-electron chi connectivity index (χ2n) is 9.26. The van der Waals surface area contributed by atoms with E-state index < -0.39 is 16.0 Å². The Morgan fingerprint density at radius 3 is 1.59 bits per heavy atom. The molecule has 0 saturated carbocycles. The second kappa shape index (κ2) is 11.8. The van der Waals surface area contributed by atoms with Crippen LogP contribution in [0.2, 0.25) is 0 Å². The number of pyridine rings is 1. The van der Waals surface area contributed by atoms with E-state index in [1.807, 2.05) is 83.4 Å². The first-order valence-corrected chi connectivity index (χ1v) is 14.2. The van der Waals surface area contributed by atoms with E-state index in [-0.39, 0.29) is 17.3 Å². The molecule has 1 aromatic heterocycles. The molecule has 1 amide bonds. The number of nitrogens with zero attached hydrogens (tertiary/aromatic N) is 2. The molecule has 204 valence electrons. The molecule has 1 heterocycles. The van der Waals surface area contributed by atoms with Crippen LogP contribution in [-0.2, 0) is 21.4 Å². The predicted octanol–water partition coefficient (Wildman–Crippen LogP) is 4.58. The zero-order chi connectivity index (χ0) is 28.8. The van der Waals surface area contributed by atoms with Gasteiger partial charge in [0.15, 0.2) is 0 Å². The topological polar surface area (TPSA) is 132 Å². The Morgan fingerprint density at radius 1 is 0.659 bits per heavy atom. The highest BCUT2D eigenvalue weighted by molar-refractivity contribution is 7.90. The predicted molar refractivity (Wildman–Crippen MR) is 161 cm³/mol. The van der Waals surface area contributed by atoms with Crippen LogP contribution in [0, 0.1) is 0 Å². The Balaban J connectivity index is 1.55. The van der Waals surface area contributed by atoms with Crippen LogP contribution in [0.3, 0.4) is 0 Å². The van der Waals surface area contributed by atoms with Gasteiger partial charge in [-0.05, 0) is 59.7 Å². The van der Waals surface area contributed by atoms with E-state index in [1.54, 1.807) is 0 Å². The molecule has 0 atom stereocenters. The van der Waals surface area contributed by atoms with E-state index in [9.17, 15) is 13.2 Å². The molecule has 0 fully saturated rings. The number of anilines is 1. The van der Waals surface area contributed by atoms with Gasteiger partial charge >= 0.3 is 0 Å². The Kier molecular flexibility index (Phi) is 7.89. The highest BCUT2D eigenvalue weighted by atomic mass is 32.2. The number of guanidine groups is 1. The summed E-state index contributed by atoms with van der Waals surface area (Å²) in [6.07, 6.45) is 0. The molecule has 4 aromatic carbocycles. The Labute approximate surface area is 238 Å². The van der Waals surface area contributed by atoms with Crippen LogP contribution < -0.4 is 21.4 Å². The number of hydrogen-bond acceptors (Lipinski definition) is 3. The van der Waals surface area contributed by atoms with Gasteiger partial charge in [0.1, 0.15) is 0 Å². The van der Waals surface area contributed by atoms with Crippen LogP contribution in [0.25, 0.3) is 33.6 Å². The molecule has 0 aliphatic carbocycles. The van der Waals surface area contributed by atoms with E-state index in [4.69, 9.17) is 11.5 Å². The summed E-state index contributed by atoms with van der Waals surface area (Å²) in [5.74, 6) is -0.835. The molecule has 41 heavy (non-hydrogen) atoms. The van der Waals surface area contributed by atoms with Gasteiger partial charge in [-0.25, -0.2) is 0 Å². The molecule has 0 spiro atoms. The van der Waals surface area contributed by atoms with Crippen LogP contribution in [-0.4, -0.2) is 20.3 Å². The summed E-state index contributed by atoms with van der Waals surface area (Å²) in [6.45, 7) is 0.0115. The van der Waals surface area contributed by atoms with Gasteiger partial charge in [-0.3, -0.25) is 4.79 Å². The Morgan fingerprint density at radius 2 is 1.12 bits per heavy atom. The zero-order valence-corrected chi connectivity index (χ0v) is 22.8. The summed E-state index contributed by atoms with van der Waals surface area (Å²) < 4.78 is 29.8. The van der Waals surface area contributed by atoms with E-state index in [2.05, 4.69) is 34.0 Å². The third kappa shape index (κ3) is 6.48. The number of sulfonamides is 1. The summed E-state index contributed by atoms with van der Waals surface area (Å²) in [5.41, 5.74) is 16.6. The summed E-state index contributed by atoms with van der Waals surface area (Å²) in [6, 6.07) is 39.8. The lowest BCUT2D eigenvalue weighted by Gasteiger charge is -2.13. The summed E-state index contributed by atoms with van der Waals surface area (Å²) in [7, 11) is -4.03. The van der Waals surface area contributed by atoms with Crippen molar-refractivity contribution < 1.29 is 17.8 Å². The van der Waals surface area contributed by atoms with E-state index in [1.165, 1.54) is 24.3 Å². The third-order valence-corrected chi connectivity index (χ3v) is 7.69. The number of rotatable bonds is 8. The molecule has 8 nitrogen and oxygen atoms in total. The van der Waals surface area contributed by atoms with Crippen molar-refractivity contribution in [1.29, 1.82) is 0 Å². The average molecular weight is 563 g/mol. The lowest BCUT2D eigenvalue weighted by Crippen LogP contribution is -2.44. The number of amides is 1. The van der Waals surface area contributed by atoms with Gasteiger partial charge in [0.05, 0.1) is 4.90 Å². The lowest BCUT2D eigenvalue weighted by molar-refractivity contribution is -0.662. The molecule has 0 aliphatic rings. The zero-order valence-electron chi connectivity index (χ0n) is 22.0. The van der Waals surface area contributed by atoms with Crippen LogP contribution >= 0.6 is 0 Å². The minimum atomic E-state index is -4.03. The highest BCUT2D eigenvalue weighted by Gasteiger charge is 2.25. The first-order valence-electron chi connectivity index (χ1n) is 12.8. The molecular weight excluding hydrogens is 534 g/mol. The highest BCUT2D eigenvalue weighted by Crippen LogP contribution is 2.29. The molecule has 5 rings (SSSR count). The smallest absolute Gasteiger partial charge is 0.290 e. The third-order valence-electron chi connectivity index (χ3n) is 6.38. The molecule has 9 heteroatoms. The van der Waals surface area contributed by atoms with E-state index >= 15 is 0 Å². The molecule has 5 N–H and O–H groups in total. The fourth-order valence-electron chi connectivity index (χ4n) is 4.53. The standard InChI is InChI=1S/C32H27N5O3S/c33-32(34)36-41(39,40)28-18-16-27(17-19-28)35-31(38)22-37-29(24-12-6-2-7-13-24)20-26(23-10-4-1-5-11-23)21-30(37)25-14-8-3-9-15-25/h1-21H,22H2,(H4-,33,34,35,36,38)/p+1. The maximum Gasteiger partial charge on any atom is 0.290 e. The summed E-state index contributed by atoms with van der Waals surface area (Å²) >= 11 is 0. The monoisotopic (exact) mass is 562 g/mol. The quantitative estimate of drug-likeness (QED) is 0.145. The van der Waals surface area contributed by atoms with Crippen LogP contribution in [0.15, 0.2) is 137 Å². The van der Waals surface area contributed by atoms with Crippen LogP contribution in [0.4, 0.5) is 5.69 Å². The first-order chi connectivity index (χ1) is 19.8. The first kappa shape index (κ1) is 27.3. The molecule has 5 aromatic rings. The molecular formula is C32H28N5O3S+. The van der Waals surface area contributed by atoms with Crippen molar-refractivity contribution in [3.63, 3.8) is 0 Å². The number of nitrogens with one attached hydrogen (secondary N) is 1. The molecule has 0 radical (unpaired) electrons. The lowest BCUT2D eigenvalue weighted by atomic mass is 9.99. The maximum absolute atomic E-state index is 13.4. The maximum atomic E-state index is 13.4. The largest absolute Gasteiger partial charge is 0.369 e. The summed E-state index contributed by atoms with van der Waals surface area (Å²) in [4.78, 5) is 13.3. The fourth-order valence-corrected chi connectivity index (χ4v) is 5.39. The number of benzene rings is 4. The van der Waals surface area contributed by atoms with Gasteiger partial charge in [-0.2, -0.15) is 13.0 Å². The second-order valence-corrected chi connectivity index (χ2v) is 10.9. The molecule has 0 aliphatic heterocycles. The number of nitrogens with two attached hydrogens (primary N) is 2. The Hall–Kier alpha value is -5.28. The van der Waals surface area contributed by atoms with Crippen LogP contribution in [0.1, 0.15) is 0 Å². The van der Waals surface area contributed by atoms with Crippen molar-refractivity contribution in [3.8, 4) is 33.6 Å². The van der Waals surface area contributed by atoms with Gasteiger partial charge in [0, 0.05) is 28.9 Å². The van der Waals surface area contributed by atoms with Gasteiger partial charge in [-0.15, -0.1) is 4.40 Å². The number of carbonyl (C=O) groups excluding carboxylic acids is 1. The van der Waals surface area contributed by atoms with E-state index in [0.29, 0.717) is 5.69 Å². The van der Waals surface area contributed by atoms with E-state index in [0.717, 1.165) is 33.6 Å². The average Bonchev–Trinajstić information content (AvgIpc) is 2.98. The van der Waals surface area contributed by atoms with Gasteiger partial charge in [-0.1, -0.05) is 66.7 Å². The van der Waals surface area contributed by atoms with Crippen molar-refractivity contribution in [2.45, 2.75) is 11.4 Å². The van der Waals surface area contributed by atoms with Gasteiger partial charge < -0.3 is 16.8 Å². The number of hydrogen-bond donors (Lipinski definition) is 3. The van der Waals surface area contributed by atoms with Crippen molar-refractivity contribution in [3.05, 3.63) is 127 Å². The fraction of sp³-hybridized carbons (Fsp3) is 0.0312. The number of aromatic nitrogens is 1. The summed E-state index contributed by atoms with van der Waals surface area (Å²) in [5, 5.41) is 2.87. The minimum Gasteiger partial charge on any atom is -0.369 e. The van der Waals surface area contributed by atoms with Crippen molar-refractivity contribution in [1.82, 2.24) is 0 Å².